The van der Waals surface area contributed by atoms with Gasteiger partial charge in [-0.15, -0.1) is 10.2 Å². The lowest BCUT2D eigenvalue weighted by Gasteiger charge is -2.34. The highest BCUT2D eigenvalue weighted by Gasteiger charge is 2.29. The molecule has 3 heterocycles. The van der Waals surface area contributed by atoms with Gasteiger partial charge in [-0.3, -0.25) is 4.98 Å². The minimum atomic E-state index is -3.54. The maximum absolute atomic E-state index is 13.1. The number of aromatic nitrogens is 3. The summed E-state index contributed by atoms with van der Waals surface area (Å²) in [5.41, 5.74) is 1.74. The van der Waals surface area contributed by atoms with E-state index in [2.05, 4.69) is 20.1 Å². The Morgan fingerprint density at radius 1 is 0.742 bits per heavy atom. The second kappa shape index (κ2) is 8.05. The first-order valence-electron chi connectivity index (χ1n) is 10.1. The third-order valence-electron chi connectivity index (χ3n) is 5.55. The Morgan fingerprint density at radius 3 is 2.19 bits per heavy atom. The molecule has 156 valence electrons. The van der Waals surface area contributed by atoms with Gasteiger partial charge in [0.05, 0.1) is 10.6 Å². The monoisotopic (exact) mass is 431 g/mol. The smallest absolute Gasteiger partial charge is 0.243 e. The van der Waals surface area contributed by atoms with E-state index in [1.807, 2.05) is 54.6 Å². The Bertz CT molecular complexity index is 1300. The van der Waals surface area contributed by atoms with Crippen LogP contribution in [0.3, 0.4) is 0 Å². The van der Waals surface area contributed by atoms with Crippen molar-refractivity contribution in [2.24, 2.45) is 0 Å². The molecule has 2 aromatic heterocycles. The van der Waals surface area contributed by atoms with Gasteiger partial charge in [0.1, 0.15) is 0 Å². The molecule has 0 bridgehead atoms. The van der Waals surface area contributed by atoms with Crippen LogP contribution in [0.4, 0.5) is 5.82 Å². The van der Waals surface area contributed by atoms with E-state index in [1.165, 1.54) is 0 Å². The molecule has 0 aliphatic carbocycles. The maximum Gasteiger partial charge on any atom is 0.243 e. The number of piperazine rings is 1. The summed E-state index contributed by atoms with van der Waals surface area (Å²) < 4.78 is 27.8. The Labute approximate surface area is 181 Å². The standard InChI is InChI=1S/C23H21N5O2S/c29-31(30,21-6-5-18-3-1-2-4-20(18)17-21)28-15-13-27(14-16-28)23-8-7-22(25-26-23)19-9-11-24-12-10-19/h1-12,17H,13-16H2. The van der Waals surface area contributed by atoms with Gasteiger partial charge in [0.15, 0.2) is 5.82 Å². The van der Waals surface area contributed by atoms with E-state index in [0.29, 0.717) is 31.1 Å². The van der Waals surface area contributed by atoms with Crippen LogP contribution in [0, 0.1) is 0 Å². The Hall–Kier alpha value is -3.36. The molecule has 0 radical (unpaired) electrons. The van der Waals surface area contributed by atoms with Gasteiger partial charge in [0.2, 0.25) is 10.0 Å². The molecular weight excluding hydrogens is 410 g/mol. The lowest BCUT2D eigenvalue weighted by molar-refractivity contribution is 0.383. The van der Waals surface area contributed by atoms with Crippen LogP contribution in [0.2, 0.25) is 0 Å². The van der Waals surface area contributed by atoms with E-state index in [1.54, 1.807) is 28.8 Å². The number of pyridine rings is 1. The summed E-state index contributed by atoms with van der Waals surface area (Å²) in [6.07, 6.45) is 3.44. The summed E-state index contributed by atoms with van der Waals surface area (Å²) in [6, 6.07) is 20.7. The predicted octanol–water partition coefficient (Wildman–Crippen LogP) is 3.20. The zero-order chi connectivity index (χ0) is 21.3. The lowest BCUT2D eigenvalue weighted by atomic mass is 10.1. The van der Waals surface area contributed by atoms with Crippen LogP contribution >= 0.6 is 0 Å². The van der Waals surface area contributed by atoms with Crippen LogP contribution in [-0.4, -0.2) is 54.1 Å². The molecule has 1 fully saturated rings. The molecule has 1 aliphatic rings. The van der Waals surface area contributed by atoms with Gasteiger partial charge in [0, 0.05) is 44.1 Å². The van der Waals surface area contributed by atoms with Crippen molar-refractivity contribution in [3.8, 4) is 11.3 Å². The molecule has 0 saturated carbocycles. The second-order valence-electron chi connectivity index (χ2n) is 7.41. The van der Waals surface area contributed by atoms with Crippen molar-refractivity contribution in [3.63, 3.8) is 0 Å². The van der Waals surface area contributed by atoms with Crippen LogP contribution in [0.15, 0.2) is 84.0 Å². The first kappa shape index (κ1) is 19.6. The van der Waals surface area contributed by atoms with E-state index < -0.39 is 10.0 Å². The van der Waals surface area contributed by atoms with Crippen LogP contribution in [0.1, 0.15) is 0 Å². The van der Waals surface area contributed by atoms with Gasteiger partial charge in [0.25, 0.3) is 0 Å². The van der Waals surface area contributed by atoms with E-state index >= 15 is 0 Å². The van der Waals surface area contributed by atoms with Crippen molar-refractivity contribution in [1.29, 1.82) is 0 Å². The molecule has 0 N–H and O–H groups in total. The van der Waals surface area contributed by atoms with Crippen LogP contribution in [0.5, 0.6) is 0 Å². The molecule has 8 heteroatoms. The van der Waals surface area contributed by atoms with Gasteiger partial charge >= 0.3 is 0 Å². The summed E-state index contributed by atoms with van der Waals surface area (Å²) in [5, 5.41) is 10.6. The van der Waals surface area contributed by atoms with Crippen molar-refractivity contribution >= 4 is 26.6 Å². The molecule has 5 rings (SSSR count). The molecule has 31 heavy (non-hydrogen) atoms. The molecule has 0 amide bonds. The summed E-state index contributed by atoms with van der Waals surface area (Å²) in [6.45, 7) is 1.94. The summed E-state index contributed by atoms with van der Waals surface area (Å²) in [7, 11) is -3.54. The lowest BCUT2D eigenvalue weighted by Crippen LogP contribution is -2.49. The average Bonchev–Trinajstić information content (AvgIpc) is 2.84. The normalized spacial score (nSPS) is 15.3. The zero-order valence-corrected chi connectivity index (χ0v) is 17.6. The summed E-state index contributed by atoms with van der Waals surface area (Å²) in [4.78, 5) is 6.41. The molecular formula is C23H21N5O2S. The fraction of sp³-hybridized carbons (Fsp3) is 0.174. The fourth-order valence-corrected chi connectivity index (χ4v) is 5.26. The third-order valence-corrected chi connectivity index (χ3v) is 7.44. The molecule has 2 aromatic carbocycles. The summed E-state index contributed by atoms with van der Waals surface area (Å²) >= 11 is 0. The van der Waals surface area contributed by atoms with Gasteiger partial charge in [-0.25, -0.2) is 8.42 Å². The zero-order valence-electron chi connectivity index (χ0n) is 16.8. The van der Waals surface area contributed by atoms with E-state index in [4.69, 9.17) is 0 Å². The number of nitrogens with zero attached hydrogens (tertiary/aromatic N) is 5. The number of fused-ring (bicyclic) bond motifs is 1. The van der Waals surface area contributed by atoms with E-state index in [-0.39, 0.29) is 0 Å². The highest BCUT2D eigenvalue weighted by molar-refractivity contribution is 7.89. The first-order chi connectivity index (χ1) is 15.1. The molecule has 1 aliphatic heterocycles. The van der Waals surface area contributed by atoms with Gasteiger partial charge in [-0.2, -0.15) is 4.31 Å². The number of anilines is 1. The fourth-order valence-electron chi connectivity index (χ4n) is 3.81. The molecule has 4 aromatic rings. The highest BCUT2D eigenvalue weighted by atomic mass is 32.2. The second-order valence-corrected chi connectivity index (χ2v) is 9.35. The number of hydrogen-bond donors (Lipinski definition) is 0. The molecule has 0 atom stereocenters. The first-order valence-corrected chi connectivity index (χ1v) is 11.5. The number of sulfonamides is 1. The maximum atomic E-state index is 13.1. The van der Waals surface area contributed by atoms with Crippen molar-refractivity contribution in [2.75, 3.05) is 31.1 Å². The molecule has 0 unspecified atom stereocenters. The minimum Gasteiger partial charge on any atom is -0.352 e. The SMILES string of the molecule is O=S(=O)(c1ccc2ccccc2c1)N1CCN(c2ccc(-c3ccncc3)nn2)CC1. The van der Waals surface area contributed by atoms with Crippen LogP contribution in [-0.2, 0) is 10.0 Å². The Kier molecular flexibility index (Phi) is 5.09. The van der Waals surface area contributed by atoms with E-state index in [9.17, 15) is 8.42 Å². The van der Waals surface area contributed by atoms with E-state index in [0.717, 1.165) is 27.8 Å². The van der Waals surface area contributed by atoms with Crippen molar-refractivity contribution < 1.29 is 8.42 Å². The van der Waals surface area contributed by atoms with Gasteiger partial charge in [-0.05, 0) is 47.2 Å². The third kappa shape index (κ3) is 3.87. The average molecular weight is 432 g/mol. The van der Waals surface area contributed by atoms with Crippen molar-refractivity contribution in [1.82, 2.24) is 19.5 Å². The van der Waals surface area contributed by atoms with Crippen LogP contribution < -0.4 is 4.90 Å². The molecule has 1 saturated heterocycles. The van der Waals surface area contributed by atoms with Gasteiger partial charge < -0.3 is 4.90 Å². The van der Waals surface area contributed by atoms with Crippen LogP contribution in [0.25, 0.3) is 22.0 Å². The Balaban J connectivity index is 1.29. The van der Waals surface area contributed by atoms with Gasteiger partial charge in [-0.1, -0.05) is 30.3 Å². The predicted molar refractivity (Wildman–Crippen MR) is 120 cm³/mol. The Morgan fingerprint density at radius 2 is 1.48 bits per heavy atom. The molecule has 0 spiro atoms. The number of hydrogen-bond acceptors (Lipinski definition) is 6. The summed E-state index contributed by atoms with van der Waals surface area (Å²) in [5.74, 6) is 0.751. The molecule has 7 nitrogen and oxygen atoms in total. The number of benzene rings is 2. The highest BCUT2D eigenvalue weighted by Crippen LogP contribution is 2.24. The van der Waals surface area contributed by atoms with Crippen molar-refractivity contribution in [2.45, 2.75) is 4.90 Å². The quantitative estimate of drug-likeness (QED) is 0.494. The van der Waals surface area contributed by atoms with Crippen molar-refractivity contribution in [3.05, 3.63) is 79.1 Å². The minimum absolute atomic E-state index is 0.334. The topological polar surface area (TPSA) is 79.3 Å². The largest absolute Gasteiger partial charge is 0.352 e. The number of rotatable bonds is 4.